The van der Waals surface area contributed by atoms with Crippen LogP contribution in [-0.4, -0.2) is 25.2 Å². The second-order valence-electron chi connectivity index (χ2n) is 37.0. The Hall–Kier alpha value is -12.8. The highest BCUT2D eigenvalue weighted by Crippen LogP contribution is 2.58. The molecule has 4 aliphatic heterocycles. The van der Waals surface area contributed by atoms with Crippen LogP contribution in [0.4, 0.5) is 45.5 Å². The minimum absolute atomic E-state index is 0.424. The van der Waals surface area contributed by atoms with Crippen LogP contribution in [-0.2, 0) is 25.7 Å². The summed E-state index contributed by atoms with van der Waals surface area (Å²) in [7, 11) is 0. The maximum Gasteiger partial charge on any atom is 0.0490 e. The number of rotatable bonds is 12. The minimum atomic E-state index is 0.424. The Morgan fingerprint density at radius 2 is 0.545 bits per heavy atom. The number of para-hydroxylation sites is 4. The van der Waals surface area contributed by atoms with E-state index in [0.717, 1.165) is 51.6 Å². The highest BCUT2D eigenvalue weighted by molar-refractivity contribution is 6.01. The third kappa shape index (κ3) is 13.1. The van der Waals surface area contributed by atoms with Crippen LogP contribution >= 0.6 is 0 Å². The van der Waals surface area contributed by atoms with Gasteiger partial charge in [0.15, 0.2) is 0 Å². The smallest absolute Gasteiger partial charge is 0.0490 e. The maximum absolute atomic E-state index is 2.61. The molecular formula is C119H108N4. The maximum atomic E-state index is 2.61. The van der Waals surface area contributed by atoms with Crippen molar-refractivity contribution in [2.24, 2.45) is 0 Å². The molecule has 8 atom stereocenters. The van der Waals surface area contributed by atoms with Crippen LogP contribution in [0, 0.1) is 0 Å². The number of aryl methyl sites for hydroxylation is 2. The molecule has 0 N–H and O–H groups in total. The van der Waals surface area contributed by atoms with Gasteiger partial charge in [-0.15, -0.1) is 0 Å². The normalized spacial score (nSPS) is 20.6. The standard InChI is InChI=1S/C41H37N.C40H35N.C38H36N2/c1-26-23-38-33(32-15-8-13-29-11-4-6-14-31(29)32)16-9-17-34(38)36(26)25-37-27(2)24-39-35(37)18-10-20-41(39)42-28(3)21-22-30-12-5-7-19-40(30)42;1-25-21-37-32(31-15-8-13-28-11-4-6-14-30(28)31)16-9-17-33(37)35(25)24-36-26(2)22-38-34(36)18-10-20-40(38)41-27(3)23-29-12-5-7-19-39(29)41;1-25-22-33-29(13-7-17-37(33)39-20-9-12-27-10-3-5-15-35(27)39)31(25)24-32-26(2)23-34-30(32)14-8-18-38(34)40-21-19-28-11-4-6-16-36(28)40/h4-20,23-24,28,36-37H,21-22,25H2,1-3H3;4-22,27,35-36H,23-24H2,1-3H3;3-8,10-11,13-18,22-23,31-32H,9,12,19-21,24H2,1-2H3. The lowest BCUT2D eigenvalue weighted by Crippen LogP contribution is -2.33. The summed E-state index contributed by atoms with van der Waals surface area (Å²) in [6, 6.07) is 110. The molecule has 0 saturated heterocycles. The van der Waals surface area contributed by atoms with Gasteiger partial charge in [0.25, 0.3) is 0 Å². The zero-order valence-corrected chi connectivity index (χ0v) is 72.4. The molecular weight excluding hydrogens is 1490 g/mol. The van der Waals surface area contributed by atoms with Crippen LogP contribution in [0.25, 0.3) is 80.3 Å². The lowest BCUT2D eigenvalue weighted by molar-refractivity contribution is 0.616. The van der Waals surface area contributed by atoms with Gasteiger partial charge in [0, 0.05) is 128 Å². The van der Waals surface area contributed by atoms with E-state index < -0.39 is 0 Å². The fourth-order valence-electron chi connectivity index (χ4n) is 23.9. The topological polar surface area (TPSA) is 13.0 Å². The Kier molecular flexibility index (Phi) is 19.4. The van der Waals surface area contributed by atoms with Gasteiger partial charge >= 0.3 is 0 Å². The molecule has 0 fully saturated rings. The van der Waals surface area contributed by atoms with E-state index in [-0.39, 0.29) is 0 Å². The summed E-state index contributed by atoms with van der Waals surface area (Å²) >= 11 is 0. The van der Waals surface area contributed by atoms with Gasteiger partial charge in [-0.25, -0.2) is 0 Å². The summed E-state index contributed by atoms with van der Waals surface area (Å²) in [6.45, 7) is 21.0. The molecule has 24 rings (SSSR count). The predicted molar refractivity (Wildman–Crippen MR) is 524 cm³/mol. The van der Waals surface area contributed by atoms with E-state index >= 15 is 0 Å². The zero-order chi connectivity index (χ0) is 82.8. The van der Waals surface area contributed by atoms with E-state index in [1.165, 1.54) is 231 Å². The van der Waals surface area contributed by atoms with Crippen LogP contribution in [0.15, 0.2) is 325 Å². The average Bonchev–Trinajstić information content (AvgIpc) is 1.60. The number of allylic oxidation sites excluding steroid dienone is 6. The molecule has 10 aliphatic rings. The molecule has 14 aromatic carbocycles. The minimum Gasteiger partial charge on any atom is -0.341 e. The number of hydrogen-bond acceptors (Lipinski definition) is 4. The Balaban J connectivity index is 0.000000110. The Bertz CT molecular complexity index is 6810. The fourth-order valence-corrected chi connectivity index (χ4v) is 23.9. The van der Waals surface area contributed by atoms with Crippen LogP contribution in [0.1, 0.15) is 212 Å². The van der Waals surface area contributed by atoms with E-state index in [1.54, 1.807) is 0 Å². The van der Waals surface area contributed by atoms with Crippen molar-refractivity contribution < 1.29 is 0 Å². The molecule has 6 aliphatic carbocycles. The first-order chi connectivity index (χ1) is 60.3. The second kappa shape index (κ2) is 31.3. The molecule has 123 heavy (non-hydrogen) atoms. The number of fused-ring (bicyclic) bond motifs is 12. The molecule has 4 heterocycles. The molecule has 0 bridgehead atoms. The zero-order valence-electron chi connectivity index (χ0n) is 72.4. The molecule has 0 amide bonds. The molecule has 14 aromatic rings. The Morgan fingerprint density at radius 3 is 1.00 bits per heavy atom. The summed E-state index contributed by atoms with van der Waals surface area (Å²) in [6.07, 6.45) is 25.2. The van der Waals surface area contributed by atoms with Crippen molar-refractivity contribution in [2.45, 2.75) is 161 Å². The lowest BCUT2D eigenvalue weighted by Gasteiger charge is -2.38. The summed E-state index contributed by atoms with van der Waals surface area (Å²) < 4.78 is 0. The Morgan fingerprint density at radius 1 is 0.244 bits per heavy atom. The lowest BCUT2D eigenvalue weighted by atomic mass is 9.81. The molecule has 0 spiro atoms. The predicted octanol–water partition coefficient (Wildman–Crippen LogP) is 31.3. The van der Waals surface area contributed by atoms with Crippen LogP contribution in [0.3, 0.4) is 0 Å². The first-order valence-corrected chi connectivity index (χ1v) is 45.6. The van der Waals surface area contributed by atoms with Crippen molar-refractivity contribution in [2.75, 3.05) is 32.7 Å². The SMILES string of the molecule is CC1=Cc2c(-c3cccc4ccccc34)cccc2C1CC1C(C)=Cc2c1cccc2N1c2ccccc2CC1C.CC1=Cc2c(-c3cccc4ccccc34)cccc2C1CC1C(C)=Cc2c1cccc2N1c2ccccc2CCC1C.CC1=Cc2c(cccc2N2CCCc3ccccc32)C1CC1C(C)=Cc2c1cccc2N1CCc2ccccc21. The van der Waals surface area contributed by atoms with Crippen molar-refractivity contribution >= 4 is 104 Å². The van der Waals surface area contributed by atoms with Gasteiger partial charge in [0.2, 0.25) is 0 Å². The molecule has 0 aromatic heterocycles. The molecule has 0 saturated carbocycles. The molecule has 8 unspecified atom stereocenters. The fraction of sp³-hybridized carbons (Fsp3) is 0.227. The third-order valence-corrected chi connectivity index (χ3v) is 29.9. The second-order valence-corrected chi connectivity index (χ2v) is 37.0. The van der Waals surface area contributed by atoms with E-state index in [2.05, 4.69) is 403 Å². The van der Waals surface area contributed by atoms with Gasteiger partial charge in [0.1, 0.15) is 0 Å². The number of benzene rings is 14. The van der Waals surface area contributed by atoms with Crippen molar-refractivity contribution in [1.29, 1.82) is 0 Å². The molecule has 4 heteroatoms. The molecule has 0 radical (unpaired) electrons. The summed E-state index contributed by atoms with van der Waals surface area (Å²) in [4.78, 5) is 10.3. The van der Waals surface area contributed by atoms with Gasteiger partial charge in [-0.1, -0.05) is 313 Å². The summed E-state index contributed by atoms with van der Waals surface area (Å²) in [5.74, 6) is 2.60. The van der Waals surface area contributed by atoms with Gasteiger partial charge in [0.05, 0.1) is 0 Å². The number of nitrogens with zero attached hydrogens (tertiary/aromatic N) is 4. The average molecular weight is 1590 g/mol. The highest BCUT2D eigenvalue weighted by Gasteiger charge is 2.40. The van der Waals surface area contributed by atoms with Crippen molar-refractivity contribution in [3.8, 4) is 22.3 Å². The van der Waals surface area contributed by atoms with Crippen LogP contribution < -0.4 is 19.6 Å². The monoisotopic (exact) mass is 1590 g/mol. The third-order valence-electron chi connectivity index (χ3n) is 29.9. The van der Waals surface area contributed by atoms with Crippen LogP contribution in [0.2, 0.25) is 0 Å². The van der Waals surface area contributed by atoms with Crippen molar-refractivity contribution in [3.05, 3.63) is 414 Å². The van der Waals surface area contributed by atoms with Gasteiger partial charge in [-0.05, 0) is 272 Å². The van der Waals surface area contributed by atoms with Crippen LogP contribution in [0.5, 0.6) is 0 Å². The van der Waals surface area contributed by atoms with E-state index in [0.29, 0.717) is 47.6 Å². The molecule has 4 nitrogen and oxygen atoms in total. The Labute approximate surface area is 728 Å². The molecule has 604 valence electrons. The number of anilines is 8. The largest absolute Gasteiger partial charge is 0.341 e. The van der Waals surface area contributed by atoms with Gasteiger partial charge in [-0.2, -0.15) is 0 Å². The summed E-state index contributed by atoms with van der Waals surface area (Å²) in [5.41, 5.74) is 48.6. The summed E-state index contributed by atoms with van der Waals surface area (Å²) in [5, 5.41) is 5.25. The number of hydrogen-bond donors (Lipinski definition) is 0. The van der Waals surface area contributed by atoms with E-state index in [4.69, 9.17) is 0 Å². The van der Waals surface area contributed by atoms with E-state index in [1.807, 2.05) is 0 Å². The quantitative estimate of drug-likeness (QED) is 0.121. The first-order valence-electron chi connectivity index (χ1n) is 45.6. The van der Waals surface area contributed by atoms with E-state index in [9.17, 15) is 0 Å². The van der Waals surface area contributed by atoms with Crippen molar-refractivity contribution in [1.82, 2.24) is 0 Å². The highest BCUT2D eigenvalue weighted by atomic mass is 15.2. The van der Waals surface area contributed by atoms with Gasteiger partial charge < -0.3 is 19.6 Å². The first kappa shape index (κ1) is 76.4. The van der Waals surface area contributed by atoms with Crippen molar-refractivity contribution in [3.63, 3.8) is 0 Å². The van der Waals surface area contributed by atoms with Gasteiger partial charge in [-0.3, -0.25) is 0 Å².